The SMILES string of the molecule is CCc1cc(-c2ccc(Cc3ccc(N4CCN(C(C)C)CC4)cc3)c3nccn23)ccc1C.O=C(NCCCN1CCCC1)c1ccc(Nc2ccc(-c3ccc4c(c3)CCC4=O)n3ccnc23)cc1.O=C(c1ccc(Nc2ccc(-c3cc[nH]c(=O)c3)n3ccnc23)cc1)N1CCC(N2CCCCC2)CC1. The first-order chi connectivity index (χ1) is 52.8. The summed E-state index contributed by atoms with van der Waals surface area (Å²) in [6.07, 6.45) is 26.0. The third-order valence-corrected chi connectivity index (χ3v) is 22.5. The molecule has 108 heavy (non-hydrogen) atoms. The van der Waals surface area contributed by atoms with Gasteiger partial charge in [-0.1, -0.05) is 55.8 Å². The molecular weight excluding hydrogens is 1340 g/mol. The standard InChI is InChI=1S/C30H31N5O2.C30H36N4.C29H32N6O2/c36-28-13-7-22-20-23(6-10-25(22)28)27-12-11-26(29-31-15-19-35(27)29)33-24-8-4-21(5-9-24)30(37)32-14-3-18-34-16-1-2-17-34;1-5-25-21-26(9-6-23(25)4)29-13-10-27(30-31-14-15-34(29)30)20-24-7-11-28(12-8-24)33-18-16-32(17-19-33)22(2)3;36-27-20-22(10-13-30-27)26-9-8-25(28-31-14-19-35(26)28)32-23-6-4-21(5-7-23)29(37)34-17-11-24(12-18-34)33-15-2-1-3-16-33/h4-6,8-12,15,19-20,33H,1-3,7,13-14,16-18H2,(H,32,37);6-15,21-22H,5,16-20H2,1-4H3;4-10,13-14,19-20,24,32H,1-3,11-12,15-18H2,(H,30,36). The molecule has 7 aromatic heterocycles. The fraction of sp³-hybridized carbons (Fsp3) is 0.337. The van der Waals surface area contributed by atoms with E-state index in [1.807, 2.05) is 113 Å². The van der Waals surface area contributed by atoms with Crippen LogP contribution in [0.1, 0.15) is 137 Å². The minimum Gasteiger partial charge on any atom is -0.369 e. The third-order valence-electron chi connectivity index (χ3n) is 22.5. The molecule has 0 radical (unpaired) electrons. The van der Waals surface area contributed by atoms with Gasteiger partial charge in [0.1, 0.15) is 5.65 Å². The Labute approximate surface area is 632 Å². The predicted molar refractivity (Wildman–Crippen MR) is 434 cm³/mol. The molecule has 4 fully saturated rings. The van der Waals surface area contributed by atoms with Gasteiger partial charge in [-0.05, 0) is 259 Å². The molecular formula is C89H99N15O4. The van der Waals surface area contributed by atoms with Crippen molar-refractivity contribution in [2.75, 3.05) is 94.1 Å². The minimum absolute atomic E-state index is 0.0379. The molecule has 0 atom stereocenters. The highest BCUT2D eigenvalue weighted by atomic mass is 16.2. The van der Waals surface area contributed by atoms with E-state index >= 15 is 0 Å². The molecule has 19 nitrogen and oxygen atoms in total. The summed E-state index contributed by atoms with van der Waals surface area (Å²) >= 11 is 0. The maximum Gasteiger partial charge on any atom is 0.253 e. The van der Waals surface area contributed by atoms with E-state index in [4.69, 9.17) is 4.98 Å². The second-order valence-electron chi connectivity index (χ2n) is 29.7. The van der Waals surface area contributed by atoms with Crippen molar-refractivity contribution in [1.82, 2.24) is 58.1 Å². The van der Waals surface area contributed by atoms with Crippen LogP contribution >= 0.6 is 0 Å². The van der Waals surface area contributed by atoms with Crippen LogP contribution in [0.15, 0.2) is 206 Å². The number of aryl methyl sites for hydroxylation is 3. The van der Waals surface area contributed by atoms with Crippen LogP contribution < -0.4 is 26.4 Å². The number of piperazine rings is 1. The Morgan fingerprint density at radius 2 is 1.14 bits per heavy atom. The fourth-order valence-corrected chi connectivity index (χ4v) is 16.3. The van der Waals surface area contributed by atoms with Gasteiger partial charge in [-0.25, -0.2) is 15.0 Å². The number of nitrogens with zero attached hydrogens (tertiary/aromatic N) is 11. The first kappa shape index (κ1) is 72.6. The van der Waals surface area contributed by atoms with Crippen LogP contribution in [0.4, 0.5) is 28.4 Å². The number of aromatic nitrogens is 7. The Morgan fingerprint density at radius 3 is 1.77 bits per heavy atom. The van der Waals surface area contributed by atoms with Crippen LogP contribution in [0.2, 0.25) is 0 Å². The molecule has 4 N–H and O–H groups in total. The molecule has 5 aliphatic rings. The number of aromatic amines is 1. The molecule has 12 aromatic rings. The van der Waals surface area contributed by atoms with E-state index in [9.17, 15) is 19.2 Å². The highest BCUT2D eigenvalue weighted by molar-refractivity contribution is 6.01. The summed E-state index contributed by atoms with van der Waals surface area (Å²) < 4.78 is 6.26. The molecule has 5 aromatic carbocycles. The van der Waals surface area contributed by atoms with Crippen LogP contribution in [0, 0.1) is 6.92 Å². The lowest BCUT2D eigenvalue weighted by Gasteiger charge is -2.40. The summed E-state index contributed by atoms with van der Waals surface area (Å²) in [5.74, 6) is 0.306. The van der Waals surface area contributed by atoms with E-state index in [1.54, 1.807) is 24.7 Å². The molecule has 0 saturated carbocycles. The Hall–Kier alpha value is -11.0. The number of hydrogen-bond donors (Lipinski definition) is 4. The molecule has 0 spiro atoms. The van der Waals surface area contributed by atoms with Crippen molar-refractivity contribution in [1.29, 1.82) is 0 Å². The number of H-pyrrole nitrogens is 1. The van der Waals surface area contributed by atoms with Gasteiger partial charge in [-0.2, -0.15) is 0 Å². The van der Waals surface area contributed by atoms with Crippen LogP contribution in [0.3, 0.4) is 0 Å². The maximum atomic E-state index is 13.1. The Bertz CT molecular complexity index is 5180. The van der Waals surface area contributed by atoms with Crippen molar-refractivity contribution in [2.45, 2.75) is 117 Å². The normalized spacial score (nSPS) is 15.8. The lowest BCUT2D eigenvalue weighted by Crippen LogP contribution is -2.48. The van der Waals surface area contributed by atoms with E-state index in [0.717, 1.165) is 163 Å². The molecule has 1 aliphatic carbocycles. The number of pyridine rings is 4. The van der Waals surface area contributed by atoms with Crippen molar-refractivity contribution < 1.29 is 14.4 Å². The lowest BCUT2D eigenvalue weighted by atomic mass is 9.99. The zero-order valence-corrected chi connectivity index (χ0v) is 62.7. The Morgan fingerprint density at radius 1 is 0.556 bits per heavy atom. The van der Waals surface area contributed by atoms with Gasteiger partial charge in [-0.15, -0.1) is 0 Å². The lowest BCUT2D eigenvalue weighted by molar-refractivity contribution is 0.0589. The van der Waals surface area contributed by atoms with Gasteiger partial charge >= 0.3 is 0 Å². The van der Waals surface area contributed by atoms with Crippen molar-refractivity contribution in [3.05, 3.63) is 256 Å². The largest absolute Gasteiger partial charge is 0.369 e. The fourth-order valence-electron chi connectivity index (χ4n) is 16.3. The third kappa shape index (κ3) is 16.6. The number of anilines is 5. The number of rotatable bonds is 19. The second kappa shape index (κ2) is 33.4. The molecule has 554 valence electrons. The number of ketones is 1. The minimum atomic E-state index is -0.144. The number of imidazole rings is 3. The van der Waals surface area contributed by atoms with Gasteiger partial charge in [0.25, 0.3) is 11.8 Å². The number of likely N-dealkylation sites (tertiary alicyclic amines) is 3. The zero-order chi connectivity index (χ0) is 74.0. The van der Waals surface area contributed by atoms with Gasteiger partial charge in [0.15, 0.2) is 17.1 Å². The van der Waals surface area contributed by atoms with Gasteiger partial charge in [0.2, 0.25) is 5.56 Å². The van der Waals surface area contributed by atoms with Crippen molar-refractivity contribution in [2.24, 2.45) is 0 Å². The number of carbonyl (C=O) groups is 3. The van der Waals surface area contributed by atoms with Gasteiger partial charge in [0, 0.05) is 159 Å². The van der Waals surface area contributed by atoms with E-state index in [2.05, 4.69) is 160 Å². The van der Waals surface area contributed by atoms with Crippen LogP contribution in [-0.4, -0.2) is 161 Å². The van der Waals surface area contributed by atoms with Crippen molar-refractivity contribution >= 4 is 63.0 Å². The number of fused-ring (bicyclic) bond motifs is 4. The van der Waals surface area contributed by atoms with Crippen molar-refractivity contribution in [3.63, 3.8) is 0 Å². The molecule has 2 amide bonds. The summed E-state index contributed by atoms with van der Waals surface area (Å²) in [4.78, 5) is 78.1. The number of hydrogen-bond acceptors (Lipinski definition) is 13. The average Bonchev–Trinajstić information content (AvgIpc) is 1.80. The summed E-state index contributed by atoms with van der Waals surface area (Å²) in [5.41, 5.74) is 22.2. The molecule has 17 rings (SSSR count). The Kier molecular flexibility index (Phi) is 22.5. The van der Waals surface area contributed by atoms with Crippen molar-refractivity contribution in [3.8, 4) is 33.8 Å². The second-order valence-corrected chi connectivity index (χ2v) is 29.7. The summed E-state index contributed by atoms with van der Waals surface area (Å²) in [5, 5.41) is 9.91. The first-order valence-corrected chi connectivity index (χ1v) is 39.0. The number of carbonyl (C=O) groups excluding carboxylic acids is 3. The number of amides is 2. The van der Waals surface area contributed by atoms with Gasteiger partial charge < -0.3 is 40.5 Å². The summed E-state index contributed by atoms with van der Waals surface area (Å²) in [6, 6.07) is 54.5. The van der Waals surface area contributed by atoms with Crippen LogP contribution in [-0.2, 0) is 19.3 Å². The summed E-state index contributed by atoms with van der Waals surface area (Å²) in [6.45, 7) is 21.7. The molecule has 11 heterocycles. The maximum absolute atomic E-state index is 13.1. The summed E-state index contributed by atoms with van der Waals surface area (Å²) in [7, 11) is 0. The van der Waals surface area contributed by atoms with E-state index in [1.165, 1.54) is 97.5 Å². The number of benzene rings is 5. The van der Waals surface area contributed by atoms with E-state index < -0.39 is 0 Å². The Balaban J connectivity index is 0.000000129. The molecule has 0 unspecified atom stereocenters. The number of piperidine rings is 2. The molecule has 0 bridgehead atoms. The molecule has 4 aliphatic heterocycles. The van der Waals surface area contributed by atoms with E-state index in [0.29, 0.717) is 30.6 Å². The smallest absolute Gasteiger partial charge is 0.253 e. The molecule has 4 saturated heterocycles. The zero-order valence-electron chi connectivity index (χ0n) is 62.7. The highest BCUT2D eigenvalue weighted by Crippen LogP contribution is 2.34. The van der Waals surface area contributed by atoms with Crippen LogP contribution in [0.5, 0.6) is 0 Å². The topological polar surface area (TPSA) is 188 Å². The monoisotopic (exact) mass is 1440 g/mol. The van der Waals surface area contributed by atoms with E-state index in [-0.39, 0.29) is 23.2 Å². The average molecular weight is 1440 g/mol. The highest BCUT2D eigenvalue weighted by Gasteiger charge is 2.29. The quantitative estimate of drug-likeness (QED) is 0.0561. The van der Waals surface area contributed by atoms with Crippen LogP contribution in [0.25, 0.3) is 50.7 Å². The number of Topliss-reactive ketones (excluding diaryl/α,β-unsaturated/α-hetero) is 1. The van der Waals surface area contributed by atoms with Gasteiger partial charge in [-0.3, -0.25) is 37.3 Å². The van der Waals surface area contributed by atoms with Gasteiger partial charge in [0.05, 0.1) is 28.5 Å². The molecule has 19 heteroatoms. The first-order valence-electron chi connectivity index (χ1n) is 39.0. The predicted octanol–water partition coefficient (Wildman–Crippen LogP) is 15.6. The number of nitrogens with one attached hydrogen (secondary N) is 4.